The fourth-order valence-electron chi connectivity index (χ4n) is 0.465. The van der Waals surface area contributed by atoms with Crippen LogP contribution in [0.3, 0.4) is 0 Å². The minimum atomic E-state index is -1.92. The molecule has 0 heterocycles. The van der Waals surface area contributed by atoms with Crippen molar-refractivity contribution < 1.29 is 9.22 Å². The van der Waals surface area contributed by atoms with Crippen LogP contribution in [0.1, 0.15) is 20.8 Å². The van der Waals surface area contributed by atoms with E-state index in [4.69, 9.17) is 16.0 Å². The summed E-state index contributed by atoms with van der Waals surface area (Å²) in [4.78, 5) is 11.0. The Labute approximate surface area is 80.4 Å². The van der Waals surface area contributed by atoms with Crippen molar-refractivity contribution in [1.82, 2.24) is 0 Å². The van der Waals surface area contributed by atoms with E-state index in [1.165, 1.54) is 0 Å². The summed E-state index contributed by atoms with van der Waals surface area (Å²) in [5.41, 5.74) is 0. The van der Waals surface area contributed by atoms with Crippen molar-refractivity contribution in [1.29, 1.82) is 0 Å². The van der Waals surface area contributed by atoms with Gasteiger partial charge in [0.25, 0.3) is 8.32 Å². The molecule has 0 amide bonds. The van der Waals surface area contributed by atoms with E-state index in [-0.39, 0.29) is 16.9 Å². The summed E-state index contributed by atoms with van der Waals surface area (Å²) in [6, 6.07) is 0. The number of carbonyl (C=O) groups excluding carboxylic acids is 1. The van der Waals surface area contributed by atoms with Crippen LogP contribution in [0.2, 0.25) is 18.1 Å². The van der Waals surface area contributed by atoms with E-state index >= 15 is 0 Å². The van der Waals surface area contributed by atoms with Gasteiger partial charge in [-0.25, -0.2) is 0 Å². The maximum absolute atomic E-state index is 11.0. The van der Waals surface area contributed by atoms with Crippen LogP contribution in [0.5, 0.6) is 0 Å². The van der Waals surface area contributed by atoms with Gasteiger partial charge in [0.05, 0.1) is 0 Å². The monoisotopic (exact) mass is 208 g/mol. The number of hydrogen-bond acceptors (Lipinski definition) is 2. The highest BCUT2D eigenvalue weighted by atomic mass is 35.5. The van der Waals surface area contributed by atoms with E-state index in [2.05, 4.69) is 20.8 Å². The van der Waals surface area contributed by atoms with E-state index in [0.717, 1.165) is 0 Å². The number of rotatable bonds is 2. The summed E-state index contributed by atoms with van der Waals surface area (Å²) >= 11 is 5.36. The Balaban J connectivity index is 4.33. The summed E-state index contributed by atoms with van der Waals surface area (Å²) in [5, 5.41) is 0.0642. The van der Waals surface area contributed by atoms with Crippen molar-refractivity contribution in [2.75, 3.05) is 5.88 Å². The number of alkyl halides is 1. The molecule has 0 bridgehead atoms. The van der Waals surface area contributed by atoms with E-state index in [9.17, 15) is 4.79 Å². The molecule has 0 N–H and O–H groups in total. The zero-order chi connectivity index (χ0) is 9.99. The van der Waals surface area contributed by atoms with Crippen molar-refractivity contribution >= 4 is 25.9 Å². The summed E-state index contributed by atoms with van der Waals surface area (Å²) in [6.07, 6.45) is 0. The predicted molar refractivity (Wildman–Crippen MR) is 54.0 cm³/mol. The first kappa shape index (κ1) is 12.0. The normalized spacial score (nSPS) is 12.8. The second-order valence-corrected chi connectivity index (χ2v) is 9.36. The second-order valence-electron chi connectivity index (χ2n) is 4.37. The lowest BCUT2D eigenvalue weighted by atomic mass is 10.2. The number of carbonyl (C=O) groups is 1. The molecule has 0 spiro atoms. The van der Waals surface area contributed by atoms with Gasteiger partial charge in [-0.15, -0.1) is 11.6 Å². The first-order chi connectivity index (χ1) is 5.20. The fraction of sp³-hybridized carbons (Fsp3) is 0.875. The van der Waals surface area contributed by atoms with Gasteiger partial charge in [0.2, 0.25) is 0 Å². The Morgan fingerprint density at radius 1 is 1.42 bits per heavy atom. The summed E-state index contributed by atoms with van der Waals surface area (Å²) in [5.74, 6) is -0.352. The van der Waals surface area contributed by atoms with Crippen molar-refractivity contribution in [3.8, 4) is 0 Å². The Kier molecular flexibility index (Phi) is 3.78. The van der Waals surface area contributed by atoms with Gasteiger partial charge in [-0.2, -0.15) is 0 Å². The molecule has 0 aromatic rings. The molecule has 0 aromatic carbocycles. The summed E-state index contributed by atoms with van der Waals surface area (Å²) < 4.78 is 5.32. The van der Waals surface area contributed by atoms with Crippen molar-refractivity contribution in [3.05, 3.63) is 0 Å². The Morgan fingerprint density at radius 2 is 1.83 bits per heavy atom. The standard InChI is InChI=1S/C8H17ClO2Si/c1-8(2,3)12(4,5)11-7(10)6-9/h6H2,1-5H3. The lowest BCUT2D eigenvalue weighted by Crippen LogP contribution is -2.42. The third kappa shape index (κ3) is 3.15. The molecule has 0 aromatic heterocycles. The van der Waals surface area contributed by atoms with E-state index in [0.29, 0.717) is 0 Å². The molecule has 0 aliphatic heterocycles. The molecule has 72 valence electrons. The molecule has 0 atom stereocenters. The van der Waals surface area contributed by atoms with Gasteiger partial charge in [0, 0.05) is 0 Å². The Bertz CT molecular complexity index is 172. The molecular weight excluding hydrogens is 192 g/mol. The first-order valence-electron chi connectivity index (χ1n) is 3.98. The predicted octanol–water partition coefficient (Wildman–Crippen LogP) is 2.77. The van der Waals surface area contributed by atoms with Gasteiger partial charge >= 0.3 is 5.97 Å². The van der Waals surface area contributed by atoms with E-state index in [1.54, 1.807) is 0 Å². The van der Waals surface area contributed by atoms with Gasteiger partial charge in [0.15, 0.2) is 0 Å². The zero-order valence-electron chi connectivity index (χ0n) is 8.40. The van der Waals surface area contributed by atoms with E-state index in [1.807, 2.05) is 13.1 Å². The highest BCUT2D eigenvalue weighted by molar-refractivity contribution is 6.75. The molecule has 4 heteroatoms. The lowest BCUT2D eigenvalue weighted by molar-refractivity contribution is -0.132. The van der Waals surface area contributed by atoms with Crippen LogP contribution in [-0.4, -0.2) is 20.2 Å². The molecule has 0 aliphatic carbocycles. The molecule has 0 aliphatic rings. The van der Waals surface area contributed by atoms with Crippen LogP contribution in [0.4, 0.5) is 0 Å². The average Bonchev–Trinajstić information content (AvgIpc) is 1.84. The number of hydrogen-bond donors (Lipinski definition) is 0. The minimum Gasteiger partial charge on any atom is -0.518 e. The highest BCUT2D eigenvalue weighted by Crippen LogP contribution is 2.36. The van der Waals surface area contributed by atoms with Gasteiger partial charge in [-0.05, 0) is 18.1 Å². The van der Waals surface area contributed by atoms with Crippen molar-refractivity contribution in [2.45, 2.75) is 38.9 Å². The number of halogens is 1. The molecule has 0 unspecified atom stereocenters. The molecule has 0 saturated carbocycles. The van der Waals surface area contributed by atoms with Gasteiger partial charge in [-0.1, -0.05) is 20.8 Å². The Morgan fingerprint density at radius 3 is 2.08 bits per heavy atom. The van der Waals surface area contributed by atoms with Gasteiger partial charge in [0.1, 0.15) is 5.88 Å². The third-order valence-corrected chi connectivity index (χ3v) is 6.85. The van der Waals surface area contributed by atoms with Crippen LogP contribution < -0.4 is 0 Å². The summed E-state index contributed by atoms with van der Waals surface area (Å²) in [7, 11) is -1.92. The van der Waals surface area contributed by atoms with Crippen LogP contribution in [0, 0.1) is 0 Å². The molecule has 12 heavy (non-hydrogen) atoms. The van der Waals surface area contributed by atoms with Crippen LogP contribution in [0.15, 0.2) is 0 Å². The first-order valence-corrected chi connectivity index (χ1v) is 7.43. The van der Waals surface area contributed by atoms with Crippen LogP contribution in [-0.2, 0) is 9.22 Å². The fourth-order valence-corrected chi connectivity index (χ4v) is 1.56. The van der Waals surface area contributed by atoms with Crippen LogP contribution in [0.25, 0.3) is 0 Å². The maximum Gasteiger partial charge on any atom is 0.307 e. The SMILES string of the molecule is CC(C)(C)[Si](C)(C)OC(=O)CCl. The zero-order valence-corrected chi connectivity index (χ0v) is 10.2. The molecule has 0 fully saturated rings. The Hall–Kier alpha value is -0.0231. The average molecular weight is 209 g/mol. The quantitative estimate of drug-likeness (QED) is 0.516. The van der Waals surface area contributed by atoms with Crippen molar-refractivity contribution in [3.63, 3.8) is 0 Å². The maximum atomic E-state index is 11.0. The largest absolute Gasteiger partial charge is 0.518 e. The lowest BCUT2D eigenvalue weighted by Gasteiger charge is -2.35. The third-order valence-electron chi connectivity index (χ3n) is 2.28. The molecule has 0 radical (unpaired) electrons. The van der Waals surface area contributed by atoms with Gasteiger partial charge < -0.3 is 4.43 Å². The minimum absolute atomic E-state index is 0.0491. The highest BCUT2D eigenvalue weighted by Gasteiger charge is 2.40. The topological polar surface area (TPSA) is 26.3 Å². The molecule has 0 rings (SSSR count). The van der Waals surface area contributed by atoms with E-state index < -0.39 is 8.32 Å². The second kappa shape index (κ2) is 3.79. The van der Waals surface area contributed by atoms with Crippen LogP contribution >= 0.6 is 11.6 Å². The van der Waals surface area contributed by atoms with Crippen molar-refractivity contribution in [2.24, 2.45) is 0 Å². The molecular formula is C8H17ClO2Si. The summed E-state index contributed by atoms with van der Waals surface area (Å²) in [6.45, 7) is 10.3. The molecule has 0 saturated heterocycles. The smallest absolute Gasteiger partial charge is 0.307 e. The molecule has 2 nitrogen and oxygen atoms in total. The van der Waals surface area contributed by atoms with Gasteiger partial charge in [-0.3, -0.25) is 4.79 Å².